The number of hydrogen-bond donors (Lipinski definition) is 1. The lowest BCUT2D eigenvalue weighted by molar-refractivity contribution is -0.122. The largest absolute Gasteiger partial charge is 0.491 e. The Hall–Kier alpha value is -4.20. The van der Waals surface area contributed by atoms with E-state index in [4.69, 9.17) is 37.4 Å². The highest BCUT2D eigenvalue weighted by Crippen LogP contribution is 2.55. The van der Waals surface area contributed by atoms with Crippen LogP contribution in [-0.4, -0.2) is 25.2 Å². The highest BCUT2D eigenvalue weighted by Gasteiger charge is 2.57. The van der Waals surface area contributed by atoms with Crippen LogP contribution in [0.25, 0.3) is 0 Å². The molecule has 0 saturated heterocycles. The van der Waals surface area contributed by atoms with Gasteiger partial charge in [0.2, 0.25) is 12.7 Å². The number of carbonyl (C=O) groups is 2. The average Bonchev–Trinajstić information content (AvgIpc) is 3.63. The number of fused-ring (bicyclic) bond motifs is 5. The molecule has 1 spiro atoms. The molecule has 3 aliphatic rings. The lowest BCUT2D eigenvalue weighted by Gasteiger charge is -2.23. The fraction of sp³-hybridized carbons (Fsp3) is 0.161. The number of amides is 2. The van der Waals surface area contributed by atoms with Crippen molar-refractivity contribution in [3.8, 4) is 17.2 Å². The van der Waals surface area contributed by atoms with E-state index < -0.39 is 5.41 Å². The fourth-order valence-corrected chi connectivity index (χ4v) is 6.23. The summed E-state index contributed by atoms with van der Waals surface area (Å²) in [5, 5.41) is 3.92. The molecule has 9 heteroatoms. The Labute approximate surface area is 240 Å². The number of para-hydroxylation sites is 1. The van der Waals surface area contributed by atoms with Crippen molar-refractivity contribution >= 4 is 40.7 Å². The van der Waals surface area contributed by atoms with Gasteiger partial charge in [0.1, 0.15) is 17.8 Å². The standard InChI is InChI=1S/C31H22Cl2N2O5/c32-21-9-19(10-22(33)11-21)14-34-29(36)20-7-5-18(6-8-20)15-35-25-4-2-1-3-23(25)31(30(35)37)16-38-26-13-28-27(12-24(26)31)39-17-40-28/h1-13H,14-17H2,(H,34,36). The van der Waals surface area contributed by atoms with Crippen LogP contribution in [0.3, 0.4) is 0 Å². The SMILES string of the molecule is O=C(NCc1cc(Cl)cc(Cl)c1)c1ccc(CN2C(=O)C3(COc4cc5c(cc43)OCO5)c3ccccc32)cc1. The molecule has 7 rings (SSSR count). The first-order chi connectivity index (χ1) is 19.4. The highest BCUT2D eigenvalue weighted by molar-refractivity contribution is 6.34. The quantitative estimate of drug-likeness (QED) is 0.323. The van der Waals surface area contributed by atoms with Gasteiger partial charge >= 0.3 is 0 Å². The Morgan fingerprint density at radius 3 is 2.33 bits per heavy atom. The maximum absolute atomic E-state index is 14.2. The second-order valence-corrected chi connectivity index (χ2v) is 10.8. The zero-order chi connectivity index (χ0) is 27.4. The van der Waals surface area contributed by atoms with Gasteiger partial charge in [-0.3, -0.25) is 9.59 Å². The first kappa shape index (κ1) is 24.8. The van der Waals surface area contributed by atoms with Gasteiger partial charge in [-0.05, 0) is 59.2 Å². The minimum Gasteiger partial charge on any atom is -0.491 e. The molecule has 0 bridgehead atoms. The first-order valence-electron chi connectivity index (χ1n) is 12.7. The molecule has 0 aromatic heterocycles. The van der Waals surface area contributed by atoms with E-state index in [0.29, 0.717) is 45.9 Å². The van der Waals surface area contributed by atoms with Gasteiger partial charge in [-0.25, -0.2) is 0 Å². The lowest BCUT2D eigenvalue weighted by atomic mass is 9.77. The zero-order valence-corrected chi connectivity index (χ0v) is 22.6. The number of hydrogen-bond acceptors (Lipinski definition) is 5. The number of ether oxygens (including phenoxy) is 3. The second kappa shape index (κ2) is 9.47. The number of nitrogens with one attached hydrogen (secondary N) is 1. The molecular weight excluding hydrogens is 551 g/mol. The van der Waals surface area contributed by atoms with Gasteiger partial charge in [0.05, 0.1) is 6.54 Å². The van der Waals surface area contributed by atoms with Gasteiger partial charge in [-0.15, -0.1) is 0 Å². The Morgan fingerprint density at radius 1 is 0.825 bits per heavy atom. The van der Waals surface area contributed by atoms with Crippen LogP contribution in [0.1, 0.15) is 32.6 Å². The molecule has 1 N–H and O–H groups in total. The Morgan fingerprint density at radius 2 is 1.55 bits per heavy atom. The lowest BCUT2D eigenvalue weighted by Crippen LogP contribution is -2.42. The van der Waals surface area contributed by atoms with Gasteiger partial charge in [0.25, 0.3) is 5.91 Å². The van der Waals surface area contributed by atoms with E-state index in [1.165, 1.54) is 0 Å². The monoisotopic (exact) mass is 572 g/mol. The summed E-state index contributed by atoms with van der Waals surface area (Å²) < 4.78 is 17.2. The van der Waals surface area contributed by atoms with E-state index >= 15 is 0 Å². The predicted molar refractivity (Wildman–Crippen MR) is 151 cm³/mol. The summed E-state index contributed by atoms with van der Waals surface area (Å²) in [4.78, 5) is 28.7. The number of rotatable bonds is 5. The second-order valence-electron chi connectivity index (χ2n) is 9.96. The normalized spacial score (nSPS) is 18.1. The van der Waals surface area contributed by atoms with Crippen LogP contribution in [0.15, 0.2) is 78.9 Å². The smallest absolute Gasteiger partial charge is 0.251 e. The molecule has 0 saturated carbocycles. The number of carbonyl (C=O) groups excluding carboxylic acids is 2. The summed E-state index contributed by atoms with van der Waals surface area (Å²) in [6.45, 7) is 0.992. The minimum absolute atomic E-state index is 0.0617. The molecule has 3 heterocycles. The maximum atomic E-state index is 14.2. The van der Waals surface area contributed by atoms with Gasteiger partial charge in [-0.1, -0.05) is 53.5 Å². The van der Waals surface area contributed by atoms with E-state index in [2.05, 4.69) is 5.32 Å². The van der Waals surface area contributed by atoms with Crippen molar-refractivity contribution in [1.29, 1.82) is 0 Å². The summed E-state index contributed by atoms with van der Waals surface area (Å²) in [6.07, 6.45) is 0. The molecule has 200 valence electrons. The van der Waals surface area contributed by atoms with Crippen LogP contribution in [0.2, 0.25) is 10.0 Å². The Kier molecular flexibility index (Phi) is 5.87. The molecule has 4 aromatic carbocycles. The van der Waals surface area contributed by atoms with Crippen LogP contribution in [0.4, 0.5) is 5.69 Å². The molecular formula is C31H22Cl2N2O5. The van der Waals surface area contributed by atoms with E-state index in [1.54, 1.807) is 41.3 Å². The summed E-state index contributed by atoms with van der Waals surface area (Å²) in [7, 11) is 0. The van der Waals surface area contributed by atoms with E-state index in [-0.39, 0.29) is 25.2 Å². The van der Waals surface area contributed by atoms with Gasteiger partial charge in [0, 0.05) is 39.5 Å². The third-order valence-corrected chi connectivity index (χ3v) is 8.01. The number of anilines is 1. The molecule has 1 atom stereocenters. The maximum Gasteiger partial charge on any atom is 0.251 e. The fourth-order valence-electron chi connectivity index (χ4n) is 5.66. The molecule has 0 fully saturated rings. The third kappa shape index (κ3) is 3.96. The molecule has 0 radical (unpaired) electrons. The van der Waals surface area contributed by atoms with Crippen LogP contribution < -0.4 is 24.4 Å². The molecule has 40 heavy (non-hydrogen) atoms. The predicted octanol–water partition coefficient (Wildman–Crippen LogP) is 5.88. The average molecular weight is 573 g/mol. The van der Waals surface area contributed by atoms with Crippen LogP contribution in [0, 0.1) is 0 Å². The summed E-state index contributed by atoms with van der Waals surface area (Å²) in [5.74, 6) is 1.58. The van der Waals surface area contributed by atoms with Crippen molar-refractivity contribution in [2.75, 3.05) is 18.3 Å². The number of benzene rings is 4. The Balaban J connectivity index is 1.12. The third-order valence-electron chi connectivity index (χ3n) is 7.58. The minimum atomic E-state index is -0.962. The first-order valence-corrected chi connectivity index (χ1v) is 13.5. The van der Waals surface area contributed by atoms with Crippen molar-refractivity contribution < 1.29 is 23.8 Å². The molecule has 7 nitrogen and oxygen atoms in total. The van der Waals surface area contributed by atoms with Crippen molar-refractivity contribution in [2.24, 2.45) is 0 Å². The van der Waals surface area contributed by atoms with Crippen molar-refractivity contribution in [3.63, 3.8) is 0 Å². The number of halogens is 2. The van der Waals surface area contributed by atoms with E-state index in [1.807, 2.05) is 42.5 Å². The zero-order valence-electron chi connectivity index (χ0n) is 21.1. The molecule has 1 unspecified atom stereocenters. The van der Waals surface area contributed by atoms with Crippen molar-refractivity contribution in [1.82, 2.24) is 5.32 Å². The van der Waals surface area contributed by atoms with Crippen LogP contribution in [0.5, 0.6) is 17.2 Å². The van der Waals surface area contributed by atoms with Crippen LogP contribution in [-0.2, 0) is 23.3 Å². The molecule has 4 aromatic rings. The van der Waals surface area contributed by atoms with Crippen molar-refractivity contribution in [2.45, 2.75) is 18.5 Å². The van der Waals surface area contributed by atoms with Gasteiger partial charge < -0.3 is 24.4 Å². The van der Waals surface area contributed by atoms with E-state index in [0.717, 1.165) is 27.9 Å². The van der Waals surface area contributed by atoms with Gasteiger partial charge in [0.15, 0.2) is 11.5 Å². The summed E-state index contributed by atoms with van der Waals surface area (Å²) in [5.41, 5.74) is 3.77. The molecule has 3 aliphatic heterocycles. The van der Waals surface area contributed by atoms with Gasteiger partial charge in [-0.2, -0.15) is 0 Å². The van der Waals surface area contributed by atoms with E-state index in [9.17, 15) is 9.59 Å². The van der Waals surface area contributed by atoms with Crippen molar-refractivity contribution in [3.05, 3.63) is 117 Å². The summed E-state index contributed by atoms with van der Waals surface area (Å²) in [6, 6.07) is 23.9. The number of nitrogens with zero attached hydrogens (tertiary/aromatic N) is 1. The molecule has 0 aliphatic carbocycles. The summed E-state index contributed by atoms with van der Waals surface area (Å²) >= 11 is 12.1. The Bertz CT molecular complexity index is 1670. The topological polar surface area (TPSA) is 77.1 Å². The highest BCUT2D eigenvalue weighted by atomic mass is 35.5. The molecule has 2 amide bonds. The van der Waals surface area contributed by atoms with Crippen LogP contribution >= 0.6 is 23.2 Å².